The van der Waals surface area contributed by atoms with Crippen molar-refractivity contribution in [1.29, 1.82) is 0 Å². The fraction of sp³-hybridized carbons (Fsp3) is 0.214. The van der Waals surface area contributed by atoms with Crippen molar-refractivity contribution >= 4 is 51.0 Å². The minimum atomic E-state index is -0.156. The average molecular weight is 340 g/mol. The first-order chi connectivity index (χ1) is 10.2. The summed E-state index contributed by atoms with van der Waals surface area (Å²) in [7, 11) is 0. The molecule has 2 heterocycles. The minimum absolute atomic E-state index is 0.156. The molecule has 0 bridgehead atoms. The monoisotopic (exact) mass is 339 g/mol. The van der Waals surface area contributed by atoms with Crippen LogP contribution in [0.4, 0.5) is 10.7 Å². The highest BCUT2D eigenvalue weighted by Gasteiger charge is 2.20. The van der Waals surface area contributed by atoms with Gasteiger partial charge in [0.25, 0.3) is 5.91 Å². The van der Waals surface area contributed by atoms with Crippen LogP contribution >= 0.6 is 34.4 Å². The third kappa shape index (κ3) is 3.81. The summed E-state index contributed by atoms with van der Waals surface area (Å²) in [6, 6.07) is 4.10. The Hall–Kier alpha value is -1.44. The van der Waals surface area contributed by atoms with Gasteiger partial charge in [0.05, 0.1) is 17.1 Å². The number of anilines is 2. The summed E-state index contributed by atoms with van der Waals surface area (Å²) in [6.45, 7) is 4.76. The topological polar surface area (TPSA) is 67.2 Å². The Balaban J connectivity index is 2.16. The number of carbonyl (C=O) groups excluding carboxylic acids is 1. The van der Waals surface area contributed by atoms with Crippen LogP contribution < -0.4 is 16.4 Å². The zero-order chi connectivity index (χ0) is 15.2. The molecule has 0 atom stereocenters. The van der Waals surface area contributed by atoms with Crippen molar-refractivity contribution in [1.82, 2.24) is 5.32 Å². The summed E-state index contributed by atoms with van der Waals surface area (Å²) in [5.41, 5.74) is 6.65. The number of carbonyl (C=O) groups is 1. The first-order valence-electron chi connectivity index (χ1n) is 6.29. The zero-order valence-electron chi connectivity index (χ0n) is 11.6. The fourth-order valence-corrected chi connectivity index (χ4v) is 4.33. The number of hydrogen-bond acceptors (Lipinski definition) is 6. The molecule has 0 aliphatic rings. The van der Waals surface area contributed by atoms with E-state index in [1.54, 1.807) is 29.2 Å². The molecule has 7 heteroatoms. The molecule has 0 aromatic carbocycles. The van der Waals surface area contributed by atoms with Gasteiger partial charge in [-0.25, -0.2) is 0 Å². The van der Waals surface area contributed by atoms with Crippen molar-refractivity contribution in [3.05, 3.63) is 39.9 Å². The molecule has 0 aliphatic heterocycles. The highest BCUT2D eigenvalue weighted by atomic mass is 32.2. The maximum Gasteiger partial charge on any atom is 0.263 e. The van der Waals surface area contributed by atoms with Gasteiger partial charge in [-0.3, -0.25) is 4.79 Å². The summed E-state index contributed by atoms with van der Waals surface area (Å²) >= 11 is 4.64. The molecule has 2 rings (SSSR count). The predicted molar refractivity (Wildman–Crippen MR) is 94.7 cm³/mol. The van der Waals surface area contributed by atoms with Crippen LogP contribution in [-0.2, 0) is 6.54 Å². The molecule has 1 amide bonds. The summed E-state index contributed by atoms with van der Waals surface area (Å²) in [6.07, 6.45) is 3.60. The summed E-state index contributed by atoms with van der Waals surface area (Å²) in [5.74, 6) is -0.156. The number of rotatable bonds is 7. The first kappa shape index (κ1) is 15.9. The van der Waals surface area contributed by atoms with E-state index in [1.807, 2.05) is 17.7 Å². The van der Waals surface area contributed by atoms with E-state index in [0.29, 0.717) is 17.1 Å². The largest absolute Gasteiger partial charge is 0.396 e. The highest BCUT2D eigenvalue weighted by molar-refractivity contribution is 7.99. The van der Waals surface area contributed by atoms with Gasteiger partial charge in [0.15, 0.2) is 0 Å². The van der Waals surface area contributed by atoms with Gasteiger partial charge in [-0.15, -0.1) is 41.0 Å². The van der Waals surface area contributed by atoms with Crippen molar-refractivity contribution < 1.29 is 4.79 Å². The Morgan fingerprint density at radius 3 is 3.00 bits per heavy atom. The number of thiophene rings is 2. The van der Waals surface area contributed by atoms with E-state index in [9.17, 15) is 4.79 Å². The van der Waals surface area contributed by atoms with Gasteiger partial charge in [-0.05, 0) is 17.7 Å². The Morgan fingerprint density at radius 1 is 1.57 bits per heavy atom. The zero-order valence-corrected chi connectivity index (χ0v) is 14.1. The summed E-state index contributed by atoms with van der Waals surface area (Å²) in [5, 5.41) is 9.12. The first-order valence-corrected chi connectivity index (χ1v) is 9.21. The second-order valence-corrected chi connectivity index (χ2v) is 7.01. The second kappa shape index (κ2) is 7.53. The normalized spacial score (nSPS) is 10.3. The van der Waals surface area contributed by atoms with Gasteiger partial charge in [0, 0.05) is 11.4 Å². The molecule has 21 heavy (non-hydrogen) atoms. The maximum atomic E-state index is 12.1. The van der Waals surface area contributed by atoms with E-state index < -0.39 is 0 Å². The molecule has 0 radical (unpaired) electrons. The van der Waals surface area contributed by atoms with Crippen LogP contribution in [0.25, 0.3) is 0 Å². The Labute approximate surface area is 136 Å². The van der Waals surface area contributed by atoms with E-state index >= 15 is 0 Å². The molecule has 4 nitrogen and oxygen atoms in total. The maximum absolute atomic E-state index is 12.1. The van der Waals surface area contributed by atoms with E-state index in [0.717, 1.165) is 16.4 Å². The predicted octanol–water partition coefficient (Wildman–Crippen LogP) is 3.64. The molecule has 0 unspecified atom stereocenters. The van der Waals surface area contributed by atoms with Crippen molar-refractivity contribution in [2.24, 2.45) is 0 Å². The fourth-order valence-electron chi connectivity index (χ4n) is 1.74. The molecule has 0 fully saturated rings. The molecule has 0 spiro atoms. The van der Waals surface area contributed by atoms with Gasteiger partial charge in [-0.1, -0.05) is 12.1 Å². The van der Waals surface area contributed by atoms with Gasteiger partial charge >= 0.3 is 0 Å². The number of hydrogen-bond donors (Lipinski definition) is 3. The Morgan fingerprint density at radius 2 is 2.38 bits per heavy atom. The molecule has 2 aromatic rings. The molecule has 0 aliphatic carbocycles. The van der Waals surface area contributed by atoms with E-state index in [-0.39, 0.29) is 5.91 Å². The van der Waals surface area contributed by atoms with Crippen LogP contribution in [0.15, 0.2) is 35.1 Å². The van der Waals surface area contributed by atoms with Crippen LogP contribution in [0.2, 0.25) is 0 Å². The molecule has 0 saturated heterocycles. The lowest BCUT2D eigenvalue weighted by molar-refractivity contribution is 0.0963. The van der Waals surface area contributed by atoms with E-state index in [1.165, 1.54) is 16.2 Å². The van der Waals surface area contributed by atoms with Crippen LogP contribution in [0.5, 0.6) is 0 Å². The van der Waals surface area contributed by atoms with Crippen molar-refractivity contribution in [2.75, 3.05) is 23.9 Å². The second-order valence-electron chi connectivity index (χ2n) is 4.14. The lowest BCUT2D eigenvalue weighted by Gasteiger charge is -2.04. The molecule has 2 aromatic heterocycles. The van der Waals surface area contributed by atoms with Crippen LogP contribution in [0.3, 0.4) is 0 Å². The summed E-state index contributed by atoms with van der Waals surface area (Å²) in [4.78, 5) is 14.8. The SMILES string of the molecule is C=CCNC(=O)c1sc(NCc2cccs2)c(SC)c1N. The molecule has 112 valence electrons. The van der Waals surface area contributed by atoms with Crippen LogP contribution in [-0.4, -0.2) is 18.7 Å². The van der Waals surface area contributed by atoms with Crippen molar-refractivity contribution in [2.45, 2.75) is 11.4 Å². The third-order valence-electron chi connectivity index (χ3n) is 2.72. The Kier molecular flexibility index (Phi) is 5.72. The van der Waals surface area contributed by atoms with Gasteiger partial charge in [-0.2, -0.15) is 0 Å². The molecular weight excluding hydrogens is 322 g/mol. The number of nitrogens with two attached hydrogens (primary N) is 1. The number of amides is 1. The van der Waals surface area contributed by atoms with Crippen molar-refractivity contribution in [3.63, 3.8) is 0 Å². The van der Waals surface area contributed by atoms with Crippen molar-refractivity contribution in [3.8, 4) is 0 Å². The minimum Gasteiger partial charge on any atom is -0.396 e. The smallest absolute Gasteiger partial charge is 0.263 e. The summed E-state index contributed by atoms with van der Waals surface area (Å²) < 4.78 is 0. The quantitative estimate of drug-likeness (QED) is 0.532. The lowest BCUT2D eigenvalue weighted by Crippen LogP contribution is -2.23. The van der Waals surface area contributed by atoms with Gasteiger partial charge in [0.1, 0.15) is 9.88 Å². The third-order valence-corrected chi connectivity index (χ3v) is 5.72. The van der Waals surface area contributed by atoms with Gasteiger partial charge < -0.3 is 16.4 Å². The average Bonchev–Trinajstić information content (AvgIpc) is 3.10. The van der Waals surface area contributed by atoms with E-state index in [4.69, 9.17) is 5.73 Å². The molecular formula is C14H17N3OS3. The van der Waals surface area contributed by atoms with E-state index in [2.05, 4.69) is 23.3 Å². The Bertz CT molecular complexity index is 620. The molecule has 4 N–H and O–H groups in total. The number of nitrogen functional groups attached to an aromatic ring is 1. The standard InChI is InChI=1S/C14H17N3OS3/c1-3-6-16-13(18)11-10(15)12(19-2)14(21-11)17-8-9-5-4-7-20-9/h3-5,7,17H,1,6,8,15H2,2H3,(H,16,18). The van der Waals surface area contributed by atoms with Crippen LogP contribution in [0.1, 0.15) is 14.5 Å². The van der Waals surface area contributed by atoms with Crippen LogP contribution in [0, 0.1) is 0 Å². The molecule has 0 saturated carbocycles. The number of nitrogens with one attached hydrogen (secondary N) is 2. The lowest BCUT2D eigenvalue weighted by atomic mass is 10.3. The number of thioether (sulfide) groups is 1. The van der Waals surface area contributed by atoms with Gasteiger partial charge in [0.2, 0.25) is 0 Å². The highest BCUT2D eigenvalue weighted by Crippen LogP contribution is 2.41.